The number of nitrogens with one attached hydrogen (secondary N) is 2. The number of rotatable bonds is 15. The molecule has 0 aromatic heterocycles. The van der Waals surface area contributed by atoms with Crippen LogP contribution in [0.3, 0.4) is 0 Å². The molecule has 18 heteroatoms. The average molecular weight is 1070 g/mol. The van der Waals surface area contributed by atoms with Crippen LogP contribution >= 0.6 is 174 Å². The van der Waals surface area contributed by atoms with Crippen molar-refractivity contribution in [3.8, 4) is 0 Å². The molecule has 0 atom stereocenters. The van der Waals surface area contributed by atoms with Crippen LogP contribution < -0.4 is 16.4 Å². The lowest BCUT2D eigenvalue weighted by molar-refractivity contribution is 0.159. The summed E-state index contributed by atoms with van der Waals surface area (Å²) >= 11 is 99.0. The molecular formula is C39H28Cl15N3. The van der Waals surface area contributed by atoms with Crippen molar-refractivity contribution in [2.24, 2.45) is 5.73 Å². The van der Waals surface area contributed by atoms with Gasteiger partial charge >= 0.3 is 0 Å². The molecule has 0 bridgehead atoms. The molecule has 3 nitrogen and oxygen atoms in total. The molecule has 0 amide bonds. The van der Waals surface area contributed by atoms with E-state index in [0.717, 1.165) is 5.56 Å². The van der Waals surface area contributed by atoms with Crippen LogP contribution in [-0.4, -0.2) is 24.2 Å². The summed E-state index contributed by atoms with van der Waals surface area (Å²) < 4.78 is 0. The predicted octanol–water partition coefficient (Wildman–Crippen LogP) is 16.6. The molecule has 5 rings (SSSR count). The molecule has 0 aliphatic heterocycles. The third-order valence-electron chi connectivity index (χ3n) is 9.61. The first-order valence-corrected chi connectivity index (χ1v) is 22.3. The first kappa shape index (κ1) is 48.4. The van der Waals surface area contributed by atoms with Gasteiger partial charge in [-0.2, -0.15) is 0 Å². The van der Waals surface area contributed by atoms with E-state index in [9.17, 15) is 0 Å². The van der Waals surface area contributed by atoms with Gasteiger partial charge in [-0.3, -0.25) is 0 Å². The molecule has 5 aromatic rings. The second-order valence-corrected chi connectivity index (χ2v) is 19.0. The van der Waals surface area contributed by atoms with E-state index in [-0.39, 0.29) is 91.0 Å². The third kappa shape index (κ3) is 10.9. The fourth-order valence-electron chi connectivity index (χ4n) is 6.57. The van der Waals surface area contributed by atoms with Crippen LogP contribution in [0.5, 0.6) is 0 Å². The van der Waals surface area contributed by atoms with Gasteiger partial charge in [0.2, 0.25) is 0 Å². The highest BCUT2D eigenvalue weighted by Crippen LogP contribution is 2.45. The van der Waals surface area contributed by atoms with Gasteiger partial charge < -0.3 is 16.4 Å². The highest BCUT2D eigenvalue weighted by Gasteiger charge is 2.50. The monoisotopic (exact) mass is 1060 g/mol. The van der Waals surface area contributed by atoms with Gasteiger partial charge in [-0.1, -0.05) is 204 Å². The van der Waals surface area contributed by atoms with E-state index in [1.807, 2.05) is 0 Å². The number of nitrogens with two attached hydrogens (primary N) is 1. The topological polar surface area (TPSA) is 50.1 Å². The van der Waals surface area contributed by atoms with Crippen LogP contribution in [0.15, 0.2) is 60.7 Å². The van der Waals surface area contributed by atoms with Crippen LogP contribution in [0.2, 0.25) is 75.3 Å². The minimum atomic E-state index is -1.38. The molecule has 5 aromatic carbocycles. The van der Waals surface area contributed by atoms with Gasteiger partial charge in [-0.25, -0.2) is 0 Å². The maximum atomic E-state index is 7.94. The Bertz CT molecular complexity index is 2180. The summed E-state index contributed by atoms with van der Waals surface area (Å²) in [5.41, 5.74) is 8.47. The minimum Gasteiger partial charge on any atom is -0.323 e. The van der Waals surface area contributed by atoms with E-state index in [1.54, 1.807) is 60.7 Å². The van der Waals surface area contributed by atoms with Crippen LogP contribution in [0.25, 0.3) is 0 Å². The molecule has 0 aliphatic rings. The second-order valence-electron chi connectivity index (χ2n) is 13.2. The van der Waals surface area contributed by atoms with E-state index in [0.29, 0.717) is 51.9 Å². The van der Waals surface area contributed by atoms with Crippen LogP contribution in [0.1, 0.15) is 27.8 Å². The van der Waals surface area contributed by atoms with Gasteiger partial charge in [0.15, 0.2) is 0 Å². The second kappa shape index (κ2) is 20.7. The van der Waals surface area contributed by atoms with Crippen molar-refractivity contribution in [3.63, 3.8) is 0 Å². The zero-order chi connectivity index (χ0) is 42.0. The SMILES string of the molecule is NC(Cc1ccc(Cl)c(Cl)c1Cl)(Cc1ccc(Cl)c(Cl)c1Cl)C(Cc1ccc(Cl)c(Cl)c1Cl)(Cc1ccc(Cl)c(Cl)c1Cl)NCCNCc1ccc(Cl)c(Cl)c1Cl. The van der Waals surface area contributed by atoms with Gasteiger partial charge in [0, 0.05) is 30.7 Å². The quantitative estimate of drug-likeness (QED) is 0.0723. The van der Waals surface area contributed by atoms with E-state index >= 15 is 0 Å². The van der Waals surface area contributed by atoms with E-state index < -0.39 is 11.1 Å². The Labute approximate surface area is 406 Å². The lowest BCUT2D eigenvalue weighted by Crippen LogP contribution is -2.72. The summed E-state index contributed by atoms with van der Waals surface area (Å²) in [5, 5.41) is 10.8. The Morgan fingerprint density at radius 3 is 0.965 bits per heavy atom. The lowest BCUT2D eigenvalue weighted by Gasteiger charge is -2.51. The molecule has 0 spiro atoms. The Kier molecular flexibility index (Phi) is 17.5. The molecule has 0 heterocycles. The number of halogens is 15. The molecule has 0 radical (unpaired) electrons. The normalized spacial score (nSPS) is 12.1. The molecule has 4 N–H and O–H groups in total. The molecule has 57 heavy (non-hydrogen) atoms. The Balaban J connectivity index is 1.73. The van der Waals surface area contributed by atoms with Crippen molar-refractivity contribution < 1.29 is 0 Å². The number of benzene rings is 5. The van der Waals surface area contributed by atoms with Crippen molar-refractivity contribution in [2.75, 3.05) is 13.1 Å². The summed E-state index contributed by atoms with van der Waals surface area (Å²) in [4.78, 5) is 0. The average Bonchev–Trinajstić information content (AvgIpc) is 3.18. The Morgan fingerprint density at radius 2 is 0.632 bits per heavy atom. The summed E-state index contributed by atoms with van der Waals surface area (Å²) in [7, 11) is 0. The molecule has 304 valence electrons. The third-order valence-corrected chi connectivity index (χ3v) is 16.3. The lowest BCUT2D eigenvalue weighted by atomic mass is 9.64. The summed E-state index contributed by atoms with van der Waals surface area (Å²) in [6, 6.07) is 17.2. The highest BCUT2D eigenvalue weighted by molar-refractivity contribution is 6.51. The molecule has 0 aliphatic carbocycles. The zero-order valence-electron chi connectivity index (χ0n) is 29.0. The molecule has 0 fully saturated rings. The maximum absolute atomic E-state index is 7.94. The van der Waals surface area contributed by atoms with Gasteiger partial charge in [-0.15, -0.1) is 0 Å². The van der Waals surface area contributed by atoms with E-state index in [2.05, 4.69) is 10.6 Å². The van der Waals surface area contributed by atoms with Crippen molar-refractivity contribution >= 4 is 174 Å². The maximum Gasteiger partial charge on any atom is 0.0781 e. The summed E-state index contributed by atoms with van der Waals surface area (Å²) in [6.07, 6.45) is 0.478. The molecule has 0 saturated heterocycles. The van der Waals surface area contributed by atoms with Crippen molar-refractivity contribution in [1.29, 1.82) is 0 Å². The van der Waals surface area contributed by atoms with Crippen LogP contribution in [-0.2, 0) is 32.2 Å². The fraction of sp³-hybridized carbons (Fsp3) is 0.231. The zero-order valence-corrected chi connectivity index (χ0v) is 40.3. The van der Waals surface area contributed by atoms with Crippen molar-refractivity contribution in [1.82, 2.24) is 10.6 Å². The van der Waals surface area contributed by atoms with Crippen LogP contribution in [0, 0.1) is 0 Å². The number of hydrogen-bond donors (Lipinski definition) is 3. The van der Waals surface area contributed by atoms with Crippen molar-refractivity contribution in [3.05, 3.63) is 164 Å². The predicted molar refractivity (Wildman–Crippen MR) is 252 cm³/mol. The summed E-state index contributed by atoms with van der Waals surface area (Å²) in [6.45, 7) is 1.09. The van der Waals surface area contributed by atoms with Gasteiger partial charge in [0.1, 0.15) is 0 Å². The molecular weight excluding hydrogens is 1040 g/mol. The standard InChI is InChI=1S/C39H28Cl15N3/c40-23-6-1-18(28(45)33(23)50)13-38(55,14-19-2-7-24(41)34(51)29(19)46)39(15-20-3-8-25(42)35(52)30(20)47,16-21-4-9-26(43)36(53)31(21)48)57-12-11-56-17-22-5-10-27(44)37(54)32(22)49/h1-10,56-57H,11-17,55H2. The number of hydrogen-bond acceptors (Lipinski definition) is 3. The highest BCUT2D eigenvalue weighted by atomic mass is 35.5. The van der Waals surface area contributed by atoms with E-state index in [1.165, 1.54) is 0 Å². The first-order valence-electron chi connectivity index (χ1n) is 16.7. The van der Waals surface area contributed by atoms with Crippen LogP contribution in [0.4, 0.5) is 0 Å². The Hall–Kier alpha value is 0.330. The Morgan fingerprint density at radius 1 is 0.351 bits per heavy atom. The van der Waals surface area contributed by atoms with Gasteiger partial charge in [0.05, 0.1) is 75.3 Å². The smallest absolute Gasteiger partial charge is 0.0781 e. The van der Waals surface area contributed by atoms with E-state index in [4.69, 9.17) is 180 Å². The van der Waals surface area contributed by atoms with Gasteiger partial charge in [-0.05, 0) is 83.8 Å². The fourth-order valence-corrected chi connectivity index (χ4v) is 9.68. The molecule has 0 saturated carbocycles. The van der Waals surface area contributed by atoms with Gasteiger partial charge in [0.25, 0.3) is 0 Å². The summed E-state index contributed by atoms with van der Waals surface area (Å²) in [5.74, 6) is 0. The largest absolute Gasteiger partial charge is 0.323 e. The van der Waals surface area contributed by atoms with Crippen molar-refractivity contribution in [2.45, 2.75) is 43.3 Å². The minimum absolute atomic E-state index is 0.0937. The molecule has 0 unspecified atom stereocenters. The first-order chi connectivity index (χ1) is 26.8.